The van der Waals surface area contributed by atoms with E-state index in [1.165, 1.54) is 12.8 Å². The van der Waals surface area contributed by atoms with Crippen LogP contribution in [0.5, 0.6) is 11.5 Å². The van der Waals surface area contributed by atoms with E-state index in [0.717, 1.165) is 55.6 Å². The van der Waals surface area contributed by atoms with E-state index in [-0.39, 0.29) is 23.8 Å². The van der Waals surface area contributed by atoms with Crippen molar-refractivity contribution in [1.29, 1.82) is 0 Å². The Morgan fingerprint density at radius 1 is 1.24 bits per heavy atom. The van der Waals surface area contributed by atoms with Gasteiger partial charge < -0.3 is 25.0 Å². The van der Waals surface area contributed by atoms with Gasteiger partial charge in [-0.2, -0.15) is 0 Å². The highest BCUT2D eigenvalue weighted by Crippen LogP contribution is 2.30. The number of aliphatic hydroxyl groups is 3. The first-order valence-electron chi connectivity index (χ1n) is 13.8. The number of unbranched alkanes of at least 4 members (excludes halogenated alkanes) is 1. The molecule has 0 saturated carbocycles. The highest BCUT2D eigenvalue weighted by Gasteiger charge is 2.32. The van der Waals surface area contributed by atoms with Crippen LogP contribution < -0.4 is 15.4 Å². The molecule has 0 amide bonds. The van der Waals surface area contributed by atoms with Gasteiger partial charge in [-0.1, -0.05) is 26.3 Å². The Morgan fingerprint density at radius 3 is 2.84 bits per heavy atom. The summed E-state index contributed by atoms with van der Waals surface area (Å²) in [5.74, 6) is 2.07. The molecule has 7 nitrogen and oxygen atoms in total. The average Bonchev–Trinajstić information content (AvgIpc) is 3.55. The van der Waals surface area contributed by atoms with Crippen LogP contribution in [0.25, 0.3) is 0 Å². The molecule has 1 unspecified atom stereocenters. The summed E-state index contributed by atoms with van der Waals surface area (Å²) in [6.45, 7) is 10.7. The fourth-order valence-corrected chi connectivity index (χ4v) is 4.49. The van der Waals surface area contributed by atoms with Gasteiger partial charge >= 0.3 is 0 Å². The van der Waals surface area contributed by atoms with Crippen molar-refractivity contribution in [2.75, 3.05) is 26.2 Å². The number of allylic oxidation sites excluding steroid dienone is 1. The summed E-state index contributed by atoms with van der Waals surface area (Å²) in [6, 6.07) is 5.52. The standard InChI is InChI=1S/C30H45N3O4/c1-5-7-8-25-12-13-26(37-25)11-9-23-10-14-29(35)30(15-23)36-20-28(32-6-2)27-16-24(19-33-27)21(3)17-31-18-22(4)34/h10,12-16,19,21-22,25,28,31-32,34,37H,5-9,11,17-18,20H2,1-4H3/p+1/t21-,22+,25?,28+/m1/s1. The summed E-state index contributed by atoms with van der Waals surface area (Å²) in [5.41, 5.74) is 2.05. The topological polar surface area (TPSA) is 98.9 Å². The maximum atomic E-state index is 10.4. The quantitative estimate of drug-likeness (QED) is 0.187. The van der Waals surface area contributed by atoms with Crippen LogP contribution >= 0.6 is 0 Å². The summed E-state index contributed by atoms with van der Waals surface area (Å²) in [6.07, 6.45) is 14.8. The first-order valence-corrected chi connectivity index (χ1v) is 13.8. The molecule has 0 saturated heterocycles. The van der Waals surface area contributed by atoms with Gasteiger partial charge in [0.05, 0.1) is 18.1 Å². The highest BCUT2D eigenvalue weighted by molar-refractivity contribution is 5.83. The molecule has 4 atom stereocenters. The number of rotatable bonds is 17. The van der Waals surface area contributed by atoms with Crippen molar-refractivity contribution in [1.82, 2.24) is 10.6 Å². The van der Waals surface area contributed by atoms with Crippen LogP contribution in [-0.4, -0.2) is 65.7 Å². The SMILES string of the molecule is CCCCC1C=C[C-](CCc2ccc(O)c(OC[C@H](NCC)C3=C[C+]([C@H](C)CNC[C@H](C)O)C=N3)c2)[OH+]1. The fraction of sp³-hybridized carbons (Fsp3) is 0.567. The lowest BCUT2D eigenvalue weighted by atomic mass is 9.95. The van der Waals surface area contributed by atoms with Gasteiger partial charge in [-0.3, -0.25) is 5.32 Å². The van der Waals surface area contributed by atoms with Crippen LogP contribution in [0.2, 0.25) is 0 Å². The first-order chi connectivity index (χ1) is 17.9. The summed E-state index contributed by atoms with van der Waals surface area (Å²) >= 11 is 0. The molecule has 0 fully saturated rings. The van der Waals surface area contributed by atoms with Crippen molar-refractivity contribution < 1.29 is 19.7 Å². The van der Waals surface area contributed by atoms with Gasteiger partial charge in [-0.15, -0.1) is 17.1 Å². The molecule has 0 radical (unpaired) electrons. The van der Waals surface area contributed by atoms with E-state index in [1.807, 2.05) is 18.3 Å². The minimum Gasteiger partial charge on any atom is -0.504 e. The highest BCUT2D eigenvalue weighted by atomic mass is 16.5. The third-order valence-electron chi connectivity index (χ3n) is 6.74. The Morgan fingerprint density at radius 2 is 2.08 bits per heavy atom. The van der Waals surface area contributed by atoms with E-state index in [0.29, 0.717) is 25.0 Å². The molecule has 0 aliphatic carbocycles. The molecule has 7 heteroatoms. The number of phenols is 1. The maximum Gasteiger partial charge on any atom is 0.196 e. The van der Waals surface area contributed by atoms with Gasteiger partial charge in [0.2, 0.25) is 0 Å². The van der Waals surface area contributed by atoms with E-state index in [4.69, 9.17) is 9.47 Å². The van der Waals surface area contributed by atoms with Gasteiger partial charge in [0, 0.05) is 19.5 Å². The van der Waals surface area contributed by atoms with Crippen LogP contribution in [0.15, 0.2) is 47.1 Å². The maximum absolute atomic E-state index is 10.4. The molecular formula is C30H46N3O4+. The fourth-order valence-electron chi connectivity index (χ4n) is 4.49. The smallest absolute Gasteiger partial charge is 0.196 e. The molecule has 0 aromatic heterocycles. The molecule has 2 aliphatic rings. The van der Waals surface area contributed by atoms with Crippen LogP contribution in [0.1, 0.15) is 58.9 Å². The minimum atomic E-state index is -0.359. The lowest BCUT2D eigenvalue weighted by Crippen LogP contribution is -2.35. The van der Waals surface area contributed by atoms with E-state index in [2.05, 4.69) is 54.6 Å². The summed E-state index contributed by atoms with van der Waals surface area (Å²) in [4.78, 5) is 4.65. The predicted octanol–water partition coefficient (Wildman–Crippen LogP) is 4.02. The number of aromatic hydroxyl groups is 1. The van der Waals surface area contributed by atoms with E-state index >= 15 is 0 Å². The summed E-state index contributed by atoms with van der Waals surface area (Å²) < 4.78 is 10.9. The summed E-state index contributed by atoms with van der Waals surface area (Å²) in [7, 11) is 0. The van der Waals surface area contributed by atoms with Crippen molar-refractivity contribution >= 4 is 6.21 Å². The number of nitrogens with one attached hydrogen (secondary N) is 2. The number of aryl methyl sites for hydroxylation is 1. The average molecular weight is 513 g/mol. The van der Waals surface area contributed by atoms with Gasteiger partial charge in [0.25, 0.3) is 0 Å². The Balaban J connectivity index is 1.52. The zero-order valence-electron chi connectivity index (χ0n) is 22.9. The number of hydrogen-bond donors (Lipinski definition) is 4. The molecule has 3 rings (SSSR count). The van der Waals surface area contributed by atoms with E-state index in [1.54, 1.807) is 13.0 Å². The summed E-state index contributed by atoms with van der Waals surface area (Å²) in [5, 5.41) is 26.6. The minimum absolute atomic E-state index is 0.0857. The Labute approximate surface area is 223 Å². The number of likely N-dealkylation sites (N-methyl/N-ethyl adjacent to an activating group) is 1. The van der Waals surface area contributed by atoms with E-state index < -0.39 is 0 Å². The molecule has 0 spiro atoms. The molecule has 2 aliphatic heterocycles. The zero-order chi connectivity index (χ0) is 26.6. The largest absolute Gasteiger partial charge is 0.504 e. The lowest BCUT2D eigenvalue weighted by molar-refractivity contribution is -0.0480. The van der Waals surface area contributed by atoms with Crippen molar-refractivity contribution in [3.8, 4) is 11.5 Å². The molecule has 1 aromatic carbocycles. The third kappa shape index (κ3) is 9.42. The normalized spacial score (nSPS) is 19.4. The molecule has 5 N–H and O–H groups in total. The number of benzene rings is 1. The van der Waals surface area contributed by atoms with Gasteiger partial charge in [0.15, 0.2) is 23.2 Å². The molecule has 0 bridgehead atoms. The second-order valence-corrected chi connectivity index (χ2v) is 10.1. The number of ether oxygens (including phenoxy) is 2. The van der Waals surface area contributed by atoms with Crippen molar-refractivity contribution in [3.05, 3.63) is 59.7 Å². The van der Waals surface area contributed by atoms with Crippen LogP contribution in [0.4, 0.5) is 0 Å². The Hall–Kier alpha value is -2.45. The van der Waals surface area contributed by atoms with Crippen molar-refractivity contribution in [3.63, 3.8) is 0 Å². The Bertz CT molecular complexity index is 914. The monoisotopic (exact) mass is 512 g/mol. The van der Waals surface area contributed by atoms with Gasteiger partial charge in [-0.25, -0.2) is 0 Å². The molecular weight excluding hydrogens is 466 g/mol. The predicted molar refractivity (Wildman–Crippen MR) is 151 cm³/mol. The molecule has 204 valence electrons. The number of hydrogen-bond acceptors (Lipinski definition) is 6. The Kier molecular flexibility index (Phi) is 11.9. The number of aliphatic hydroxyl groups excluding tert-OH is 1. The second kappa shape index (κ2) is 15.1. The number of aliphatic imine (C=N–C) groups is 1. The van der Waals surface area contributed by atoms with Gasteiger partial charge in [-0.05, 0) is 57.4 Å². The van der Waals surface area contributed by atoms with Crippen molar-refractivity contribution in [2.24, 2.45) is 10.9 Å². The third-order valence-corrected chi connectivity index (χ3v) is 6.74. The van der Waals surface area contributed by atoms with Crippen LogP contribution in [0.3, 0.4) is 0 Å². The van der Waals surface area contributed by atoms with Crippen LogP contribution in [-0.2, 0) is 6.42 Å². The lowest BCUT2D eigenvalue weighted by Gasteiger charge is -2.18. The van der Waals surface area contributed by atoms with E-state index in [9.17, 15) is 10.2 Å². The second-order valence-electron chi connectivity index (χ2n) is 10.1. The number of phenolic OH excluding ortho intramolecular Hbond substituents is 1. The zero-order valence-corrected chi connectivity index (χ0v) is 22.9. The first kappa shape index (κ1) is 29.1. The molecule has 2 heterocycles. The van der Waals surface area contributed by atoms with Crippen LogP contribution in [0, 0.1) is 17.9 Å². The van der Waals surface area contributed by atoms with Gasteiger partial charge in [0.1, 0.15) is 30.9 Å². The molecule has 1 aromatic rings. The van der Waals surface area contributed by atoms with Crippen molar-refractivity contribution in [2.45, 2.75) is 78.0 Å². The molecule has 37 heavy (non-hydrogen) atoms. The number of nitrogens with zero attached hydrogens (tertiary/aromatic N) is 1.